The van der Waals surface area contributed by atoms with Crippen molar-refractivity contribution in [1.29, 1.82) is 0 Å². The van der Waals surface area contributed by atoms with Gasteiger partial charge in [0, 0.05) is 19.3 Å². The van der Waals surface area contributed by atoms with Crippen molar-refractivity contribution >= 4 is 17.9 Å². The highest BCUT2D eigenvalue weighted by atomic mass is 16.6. The lowest BCUT2D eigenvalue weighted by molar-refractivity contribution is -0.889. The molecule has 2 unspecified atom stereocenters. The van der Waals surface area contributed by atoms with Crippen LogP contribution in [0.25, 0.3) is 0 Å². The number of rotatable bonds is 29. The first kappa shape index (κ1) is 39.3. The van der Waals surface area contributed by atoms with Crippen molar-refractivity contribution in [3.63, 3.8) is 0 Å². The minimum absolute atomic E-state index is 0.0470. The number of unbranched alkanes of at least 4 members (excludes halogenated alkanes) is 15. The van der Waals surface area contributed by atoms with Crippen LogP contribution in [0.5, 0.6) is 0 Å². The van der Waals surface area contributed by atoms with E-state index in [2.05, 4.69) is 13.8 Å². The first-order valence-corrected chi connectivity index (χ1v) is 16.6. The number of carboxylic acid groups (broad SMARTS) is 1. The summed E-state index contributed by atoms with van der Waals surface area (Å²) < 4.78 is 16.9. The summed E-state index contributed by atoms with van der Waals surface area (Å²) in [5.41, 5.74) is 0. The first-order chi connectivity index (χ1) is 19.6. The van der Waals surface area contributed by atoms with Gasteiger partial charge in [0.05, 0.1) is 40.3 Å². The summed E-state index contributed by atoms with van der Waals surface area (Å²) >= 11 is 0. The molecule has 8 nitrogen and oxygen atoms in total. The second-order valence-electron chi connectivity index (χ2n) is 12.4. The molecule has 41 heavy (non-hydrogen) atoms. The molecular weight excluding hydrogens is 522 g/mol. The van der Waals surface area contributed by atoms with Gasteiger partial charge in [0.25, 0.3) is 0 Å². The lowest BCUT2D eigenvalue weighted by Crippen LogP contribution is -2.55. The number of likely N-dealkylation sites (N-methyl/N-ethyl adjacent to an activating group) is 1. The van der Waals surface area contributed by atoms with Gasteiger partial charge in [-0.05, 0) is 12.8 Å². The summed E-state index contributed by atoms with van der Waals surface area (Å²) in [5, 5.41) is 11.5. The van der Waals surface area contributed by atoms with Crippen LogP contribution in [0, 0.1) is 0 Å². The number of ether oxygens (including phenoxy) is 3. The van der Waals surface area contributed by atoms with E-state index < -0.39 is 18.1 Å². The van der Waals surface area contributed by atoms with E-state index >= 15 is 0 Å². The molecule has 0 N–H and O–H groups in total. The lowest BCUT2D eigenvalue weighted by atomic mass is 10.1. The van der Waals surface area contributed by atoms with E-state index in [0.717, 1.165) is 38.5 Å². The smallest absolute Gasteiger partial charge is 0.306 e. The molecule has 0 aliphatic carbocycles. The fourth-order valence-corrected chi connectivity index (χ4v) is 4.83. The van der Waals surface area contributed by atoms with E-state index in [1.807, 2.05) is 0 Å². The Morgan fingerprint density at radius 3 is 1.51 bits per heavy atom. The molecule has 0 bridgehead atoms. The second kappa shape index (κ2) is 26.0. The third-order valence-corrected chi connectivity index (χ3v) is 7.49. The highest BCUT2D eigenvalue weighted by Crippen LogP contribution is 2.13. The Bertz CT molecular complexity index is 662. The third-order valence-electron chi connectivity index (χ3n) is 7.49. The molecule has 0 fully saturated rings. The lowest BCUT2D eigenvalue weighted by Gasteiger charge is -2.34. The quantitative estimate of drug-likeness (QED) is 0.0592. The summed E-state index contributed by atoms with van der Waals surface area (Å²) in [5.74, 6) is -1.74. The maximum absolute atomic E-state index is 12.5. The van der Waals surface area contributed by atoms with E-state index in [0.29, 0.717) is 12.8 Å². The van der Waals surface area contributed by atoms with Crippen LogP contribution in [0.1, 0.15) is 142 Å². The summed E-state index contributed by atoms with van der Waals surface area (Å²) in [6, 6.07) is -0.716. The number of carboxylic acids is 1. The van der Waals surface area contributed by atoms with Gasteiger partial charge in [0.2, 0.25) is 0 Å². The highest BCUT2D eigenvalue weighted by Gasteiger charge is 2.25. The Hall–Kier alpha value is -1.67. The van der Waals surface area contributed by atoms with Gasteiger partial charge >= 0.3 is 11.9 Å². The number of carbonyl (C=O) groups is 3. The molecule has 0 amide bonds. The van der Waals surface area contributed by atoms with Crippen LogP contribution in [0.2, 0.25) is 0 Å². The van der Waals surface area contributed by atoms with Crippen LogP contribution >= 0.6 is 0 Å². The van der Waals surface area contributed by atoms with Gasteiger partial charge in [-0.1, -0.05) is 110 Å². The highest BCUT2D eigenvalue weighted by molar-refractivity contribution is 5.70. The minimum Gasteiger partial charge on any atom is -0.544 e. The fraction of sp³-hybridized carbons (Fsp3) is 0.909. The van der Waals surface area contributed by atoms with Crippen molar-refractivity contribution in [2.45, 2.75) is 154 Å². The third kappa shape index (κ3) is 24.6. The normalized spacial score (nSPS) is 13.1. The molecule has 0 rings (SSSR count). The molecule has 0 aromatic rings. The summed E-state index contributed by atoms with van der Waals surface area (Å²) in [6.07, 6.45) is 19.9. The monoisotopic (exact) mass is 585 g/mol. The molecule has 0 saturated carbocycles. The number of quaternary nitrogens is 1. The predicted molar refractivity (Wildman–Crippen MR) is 162 cm³/mol. The van der Waals surface area contributed by atoms with Gasteiger partial charge in [0.1, 0.15) is 12.6 Å². The average molecular weight is 586 g/mol. The van der Waals surface area contributed by atoms with Gasteiger partial charge in [-0.2, -0.15) is 0 Å². The van der Waals surface area contributed by atoms with Crippen molar-refractivity contribution < 1.29 is 38.2 Å². The average Bonchev–Trinajstić information content (AvgIpc) is 2.91. The van der Waals surface area contributed by atoms with Crippen LogP contribution in [-0.4, -0.2) is 75.5 Å². The van der Waals surface area contributed by atoms with Crippen LogP contribution < -0.4 is 5.11 Å². The SMILES string of the molecule is CCCCCCCCCCCC(=O)OCC(COCCC(C(=O)[O-])[N+](C)(C)C)OC(=O)CCCCCCCCCC. The van der Waals surface area contributed by atoms with Gasteiger partial charge in [-0.15, -0.1) is 0 Å². The van der Waals surface area contributed by atoms with Crippen LogP contribution in [0.15, 0.2) is 0 Å². The Kier molecular flexibility index (Phi) is 24.9. The largest absolute Gasteiger partial charge is 0.544 e. The standard InChI is InChI=1S/C33H63NO7/c1-6-8-10-12-14-16-18-19-21-23-31(35)40-28-29(27-39-26-25-30(33(37)38)34(3,4)5)41-32(36)24-22-20-17-15-13-11-9-7-2/h29-30H,6-28H2,1-5H3. The van der Waals surface area contributed by atoms with Crippen LogP contribution in [-0.2, 0) is 28.6 Å². The van der Waals surface area contributed by atoms with Crippen molar-refractivity contribution in [3.05, 3.63) is 0 Å². The molecule has 0 saturated heterocycles. The topological polar surface area (TPSA) is 102 Å². The van der Waals surface area contributed by atoms with Crippen molar-refractivity contribution in [2.24, 2.45) is 0 Å². The molecule has 0 radical (unpaired) electrons. The fourth-order valence-electron chi connectivity index (χ4n) is 4.83. The molecular formula is C33H63NO7. The molecule has 2 atom stereocenters. The van der Waals surface area contributed by atoms with Gasteiger partial charge in [-0.3, -0.25) is 9.59 Å². The maximum Gasteiger partial charge on any atom is 0.306 e. The number of nitrogens with zero attached hydrogens (tertiary/aromatic N) is 1. The molecule has 0 aromatic carbocycles. The number of esters is 2. The zero-order valence-electron chi connectivity index (χ0n) is 27.2. The Balaban J connectivity index is 4.48. The van der Waals surface area contributed by atoms with Gasteiger partial charge < -0.3 is 28.6 Å². The Labute approximate surface area is 251 Å². The predicted octanol–water partition coefficient (Wildman–Crippen LogP) is 6.12. The Morgan fingerprint density at radius 2 is 1.07 bits per heavy atom. The molecule has 0 spiro atoms. The number of carbonyl (C=O) groups excluding carboxylic acids is 3. The molecule has 0 aromatic heterocycles. The van der Waals surface area contributed by atoms with E-state index in [9.17, 15) is 19.5 Å². The van der Waals surface area contributed by atoms with Crippen LogP contribution in [0.3, 0.4) is 0 Å². The van der Waals surface area contributed by atoms with E-state index in [1.165, 1.54) is 70.6 Å². The molecule has 8 heteroatoms. The molecule has 0 aliphatic rings. The first-order valence-electron chi connectivity index (χ1n) is 16.6. The maximum atomic E-state index is 12.5. The zero-order valence-corrected chi connectivity index (χ0v) is 27.2. The Morgan fingerprint density at radius 1 is 0.634 bits per heavy atom. The van der Waals surface area contributed by atoms with Crippen molar-refractivity contribution in [1.82, 2.24) is 0 Å². The number of hydrogen-bond acceptors (Lipinski definition) is 7. The number of aliphatic carboxylic acids is 1. The second-order valence-corrected chi connectivity index (χ2v) is 12.4. The van der Waals surface area contributed by atoms with E-state index in [-0.39, 0.29) is 42.7 Å². The van der Waals surface area contributed by atoms with Gasteiger partial charge in [0.15, 0.2) is 6.10 Å². The zero-order chi connectivity index (χ0) is 30.8. The minimum atomic E-state index is -1.13. The summed E-state index contributed by atoms with van der Waals surface area (Å²) in [7, 11) is 5.38. The van der Waals surface area contributed by atoms with E-state index in [1.54, 1.807) is 21.1 Å². The molecule has 0 aliphatic heterocycles. The summed E-state index contributed by atoms with van der Waals surface area (Å²) in [6.45, 7) is 4.59. The summed E-state index contributed by atoms with van der Waals surface area (Å²) in [4.78, 5) is 36.3. The van der Waals surface area contributed by atoms with Crippen LogP contribution in [0.4, 0.5) is 0 Å². The number of hydrogen-bond donors (Lipinski definition) is 0. The molecule has 242 valence electrons. The molecule has 0 heterocycles. The van der Waals surface area contributed by atoms with Crippen molar-refractivity contribution in [3.8, 4) is 0 Å². The van der Waals surface area contributed by atoms with Gasteiger partial charge in [-0.25, -0.2) is 0 Å². The van der Waals surface area contributed by atoms with Crippen molar-refractivity contribution in [2.75, 3.05) is 41.0 Å². The van der Waals surface area contributed by atoms with E-state index in [4.69, 9.17) is 14.2 Å².